The van der Waals surface area contributed by atoms with Crippen molar-refractivity contribution in [3.63, 3.8) is 0 Å². The lowest BCUT2D eigenvalue weighted by molar-refractivity contribution is -0.119. The van der Waals surface area contributed by atoms with Crippen LogP contribution in [0.5, 0.6) is 17.2 Å². The zero-order valence-electron chi connectivity index (χ0n) is 20.7. The monoisotopic (exact) mass is 486 g/mol. The number of carbonyl (C=O) groups is 2. The number of nitrogens with one attached hydrogen (secondary N) is 1. The number of hydrogen-bond donors (Lipinski definition) is 1. The Morgan fingerprint density at radius 1 is 0.972 bits per heavy atom. The largest absolute Gasteiger partial charge is 0.497 e. The van der Waals surface area contributed by atoms with Gasteiger partial charge in [0.15, 0.2) is 11.5 Å². The minimum absolute atomic E-state index is 0.0569. The molecule has 36 heavy (non-hydrogen) atoms. The second kappa shape index (κ2) is 9.93. The van der Waals surface area contributed by atoms with Gasteiger partial charge < -0.3 is 24.4 Å². The van der Waals surface area contributed by atoms with Gasteiger partial charge in [-0.2, -0.15) is 0 Å². The van der Waals surface area contributed by atoms with E-state index in [1.165, 1.54) is 0 Å². The predicted octanol–water partition coefficient (Wildman–Crippen LogP) is 4.97. The summed E-state index contributed by atoms with van der Waals surface area (Å²) in [5.41, 5.74) is 3.91. The molecule has 0 saturated carbocycles. The quantitative estimate of drug-likeness (QED) is 0.510. The molecule has 0 bridgehead atoms. The molecule has 0 fully saturated rings. The fourth-order valence-corrected chi connectivity index (χ4v) is 5.27. The molecule has 0 aromatic heterocycles. The van der Waals surface area contributed by atoms with E-state index in [9.17, 15) is 9.59 Å². The first-order valence-electron chi connectivity index (χ1n) is 12.3. The highest BCUT2D eigenvalue weighted by molar-refractivity contribution is 6.04. The lowest BCUT2D eigenvalue weighted by Crippen LogP contribution is -2.49. The van der Waals surface area contributed by atoms with Crippen molar-refractivity contribution in [2.45, 2.75) is 32.2 Å². The molecule has 3 aromatic rings. The van der Waals surface area contributed by atoms with Crippen LogP contribution in [0.1, 0.15) is 52.9 Å². The van der Waals surface area contributed by atoms with E-state index < -0.39 is 12.0 Å². The molecule has 0 radical (unpaired) electrons. The Bertz CT molecular complexity index is 1300. The molecule has 2 amide bonds. The molecule has 2 atom stereocenters. The summed E-state index contributed by atoms with van der Waals surface area (Å²) < 4.78 is 17.1. The maximum atomic E-state index is 13.9. The van der Waals surface area contributed by atoms with Gasteiger partial charge >= 0.3 is 0 Å². The zero-order chi connectivity index (χ0) is 25.2. The van der Waals surface area contributed by atoms with E-state index in [4.69, 9.17) is 14.2 Å². The summed E-state index contributed by atoms with van der Waals surface area (Å²) >= 11 is 0. The second-order valence-electron chi connectivity index (χ2n) is 8.84. The number of amides is 2. The van der Waals surface area contributed by atoms with Crippen LogP contribution >= 0.6 is 0 Å². The first-order valence-corrected chi connectivity index (χ1v) is 12.3. The van der Waals surface area contributed by atoms with Crippen LogP contribution < -0.4 is 19.5 Å². The van der Waals surface area contributed by atoms with Gasteiger partial charge in [0, 0.05) is 23.9 Å². The lowest BCUT2D eigenvalue weighted by Gasteiger charge is -2.45. The molecule has 0 saturated heterocycles. The van der Waals surface area contributed by atoms with E-state index in [0.717, 1.165) is 16.7 Å². The summed E-state index contributed by atoms with van der Waals surface area (Å²) in [6.07, 6.45) is 0.677. The minimum Gasteiger partial charge on any atom is -0.497 e. The van der Waals surface area contributed by atoms with Crippen molar-refractivity contribution in [2.24, 2.45) is 0 Å². The fourth-order valence-electron chi connectivity index (χ4n) is 5.27. The molecule has 0 aliphatic carbocycles. The second-order valence-corrected chi connectivity index (χ2v) is 8.84. The molecule has 0 spiro atoms. The molecular formula is C29H30N2O5. The predicted molar refractivity (Wildman–Crippen MR) is 137 cm³/mol. The third-order valence-electron chi connectivity index (χ3n) is 6.80. The number of anilines is 1. The van der Waals surface area contributed by atoms with E-state index in [1.54, 1.807) is 19.2 Å². The summed E-state index contributed by atoms with van der Waals surface area (Å²) in [5, 5.41) is 3.06. The van der Waals surface area contributed by atoms with Crippen LogP contribution in [0.25, 0.3) is 0 Å². The number of nitrogens with zero attached hydrogens (tertiary/aromatic N) is 1. The van der Waals surface area contributed by atoms with Crippen molar-refractivity contribution in [3.8, 4) is 17.2 Å². The van der Waals surface area contributed by atoms with Crippen LogP contribution in [0.2, 0.25) is 0 Å². The van der Waals surface area contributed by atoms with Crippen molar-refractivity contribution in [1.29, 1.82) is 0 Å². The highest BCUT2D eigenvalue weighted by Crippen LogP contribution is 2.48. The molecule has 7 nitrogen and oxygen atoms in total. The Kier molecular flexibility index (Phi) is 6.55. The fraction of sp³-hybridized carbons (Fsp3) is 0.310. The van der Waals surface area contributed by atoms with Crippen LogP contribution in [-0.2, 0) is 11.2 Å². The summed E-state index contributed by atoms with van der Waals surface area (Å²) in [4.78, 5) is 29.3. The van der Waals surface area contributed by atoms with Gasteiger partial charge in [-0.15, -0.1) is 0 Å². The summed E-state index contributed by atoms with van der Waals surface area (Å²) in [6.45, 7) is 5.38. The molecule has 7 heteroatoms. The third-order valence-corrected chi connectivity index (χ3v) is 6.80. The lowest BCUT2D eigenvalue weighted by atomic mass is 9.75. The number of methoxy groups -OCH3 is 1. The maximum absolute atomic E-state index is 13.9. The van der Waals surface area contributed by atoms with Gasteiger partial charge in [-0.25, -0.2) is 0 Å². The van der Waals surface area contributed by atoms with E-state index in [2.05, 4.69) is 5.32 Å². The Morgan fingerprint density at radius 3 is 2.47 bits per heavy atom. The number of hydrogen-bond acceptors (Lipinski definition) is 5. The average Bonchev–Trinajstić information content (AvgIpc) is 2.89. The van der Waals surface area contributed by atoms with Crippen LogP contribution in [0, 0.1) is 0 Å². The van der Waals surface area contributed by atoms with Gasteiger partial charge in [-0.3, -0.25) is 9.59 Å². The molecule has 1 N–H and O–H groups in total. The highest BCUT2D eigenvalue weighted by Gasteiger charge is 2.46. The van der Waals surface area contributed by atoms with Gasteiger partial charge in [-0.05, 0) is 67.3 Å². The van der Waals surface area contributed by atoms with Crippen LogP contribution in [0.4, 0.5) is 5.69 Å². The number of ether oxygens (including phenoxy) is 3. The van der Waals surface area contributed by atoms with Gasteiger partial charge in [0.25, 0.3) is 5.91 Å². The van der Waals surface area contributed by atoms with Gasteiger partial charge in [0.05, 0.1) is 32.3 Å². The van der Waals surface area contributed by atoms with Crippen LogP contribution in [0.15, 0.2) is 60.7 Å². The van der Waals surface area contributed by atoms with E-state index in [1.807, 2.05) is 67.3 Å². The first-order chi connectivity index (χ1) is 17.5. The molecule has 186 valence electrons. The molecule has 2 aliphatic rings. The zero-order valence-corrected chi connectivity index (χ0v) is 20.7. The maximum Gasteiger partial charge on any atom is 0.254 e. The van der Waals surface area contributed by atoms with Crippen molar-refractivity contribution in [2.75, 3.05) is 32.2 Å². The Hall–Kier alpha value is -4.00. The molecule has 2 heterocycles. The van der Waals surface area contributed by atoms with Crippen molar-refractivity contribution in [3.05, 3.63) is 82.9 Å². The number of rotatable bonds is 7. The molecular weight excluding hydrogens is 456 g/mol. The van der Waals surface area contributed by atoms with Crippen molar-refractivity contribution >= 4 is 17.5 Å². The van der Waals surface area contributed by atoms with Crippen molar-refractivity contribution in [1.82, 2.24) is 4.90 Å². The third kappa shape index (κ3) is 4.15. The smallest absolute Gasteiger partial charge is 0.254 e. The van der Waals surface area contributed by atoms with E-state index in [-0.39, 0.29) is 11.8 Å². The molecule has 3 aromatic carbocycles. The Morgan fingerprint density at radius 2 is 1.72 bits per heavy atom. The van der Waals surface area contributed by atoms with E-state index >= 15 is 0 Å². The molecule has 2 aliphatic heterocycles. The van der Waals surface area contributed by atoms with Crippen molar-refractivity contribution < 1.29 is 23.8 Å². The summed E-state index contributed by atoms with van der Waals surface area (Å²) in [6, 6.07) is 18.2. The van der Waals surface area contributed by atoms with Crippen LogP contribution in [0.3, 0.4) is 0 Å². The first kappa shape index (κ1) is 23.7. The number of carbonyl (C=O) groups excluding carboxylic acids is 2. The average molecular weight is 487 g/mol. The summed E-state index contributed by atoms with van der Waals surface area (Å²) in [5.74, 6) is 1.12. The van der Waals surface area contributed by atoms with Crippen LogP contribution in [-0.4, -0.2) is 43.6 Å². The van der Waals surface area contributed by atoms with Gasteiger partial charge in [0.2, 0.25) is 5.91 Å². The Balaban J connectivity index is 1.63. The topological polar surface area (TPSA) is 77.1 Å². The highest BCUT2D eigenvalue weighted by atomic mass is 16.5. The normalized spacial score (nSPS) is 18.0. The number of benzene rings is 3. The van der Waals surface area contributed by atoms with Gasteiger partial charge in [-0.1, -0.05) is 24.3 Å². The number of fused-ring (bicyclic) bond motifs is 4. The SMILES string of the molecule is CCOc1cc2c(cc1OCC)[C@H]1[C@@H](C(=O)Nc3cccc(OC)c3)c3ccccc3C(=O)N1CC2. The standard InChI is InChI=1S/C29H30N2O5/c1-4-35-24-15-18-13-14-31-27(23(18)17-25(24)36-5-2)26(21-11-6-7-12-22(21)29(31)33)28(32)30-19-9-8-10-20(16-19)34-3/h6-12,15-17,26-27H,4-5,13-14H2,1-3H3,(H,30,32)/t26-,27-/m0/s1. The van der Waals surface area contributed by atoms with E-state index in [0.29, 0.717) is 54.7 Å². The summed E-state index contributed by atoms with van der Waals surface area (Å²) in [7, 11) is 1.59. The molecule has 5 rings (SSSR count). The minimum atomic E-state index is -0.600. The van der Waals surface area contributed by atoms with Gasteiger partial charge in [0.1, 0.15) is 5.75 Å². The molecule has 0 unspecified atom stereocenters. The Labute approximate surface area is 211 Å².